The smallest absolute Gasteiger partial charge is 0.233 e. The Morgan fingerprint density at radius 3 is 2.16 bits per heavy atom. The number of hydrogen-bond acceptors (Lipinski definition) is 2. The zero-order chi connectivity index (χ0) is 14.4. The molecule has 0 radical (unpaired) electrons. The third-order valence-corrected chi connectivity index (χ3v) is 2.83. The molecule has 0 saturated carbocycles. The minimum atomic E-state index is -0.274. The van der Waals surface area contributed by atoms with E-state index in [2.05, 4.69) is 10.6 Å². The van der Waals surface area contributed by atoms with Crippen LogP contribution >= 0.6 is 0 Å². The molecule has 4 heteroatoms. The van der Waals surface area contributed by atoms with Crippen molar-refractivity contribution in [1.82, 2.24) is 5.32 Å². The molecular formula is C15H22N2O2. The van der Waals surface area contributed by atoms with Gasteiger partial charge in [-0.05, 0) is 38.3 Å². The number of amides is 2. The van der Waals surface area contributed by atoms with Gasteiger partial charge in [0, 0.05) is 12.2 Å². The van der Waals surface area contributed by atoms with E-state index < -0.39 is 0 Å². The van der Waals surface area contributed by atoms with Crippen LogP contribution in [0.1, 0.15) is 36.5 Å². The van der Waals surface area contributed by atoms with Crippen LogP contribution in [0.2, 0.25) is 0 Å². The summed E-state index contributed by atoms with van der Waals surface area (Å²) in [5.74, 6) is -0.509. The zero-order valence-corrected chi connectivity index (χ0v) is 12.1. The van der Waals surface area contributed by atoms with Crippen molar-refractivity contribution in [3.05, 3.63) is 28.8 Å². The van der Waals surface area contributed by atoms with Gasteiger partial charge in [0.05, 0.1) is 0 Å². The van der Waals surface area contributed by atoms with E-state index in [9.17, 15) is 9.59 Å². The maximum atomic E-state index is 11.8. The fourth-order valence-electron chi connectivity index (χ4n) is 2.03. The van der Waals surface area contributed by atoms with Crippen molar-refractivity contribution in [2.24, 2.45) is 0 Å². The van der Waals surface area contributed by atoms with Gasteiger partial charge in [0.15, 0.2) is 0 Å². The molecule has 0 unspecified atom stereocenters. The molecular weight excluding hydrogens is 240 g/mol. The van der Waals surface area contributed by atoms with Crippen LogP contribution in [-0.2, 0) is 9.59 Å². The maximum Gasteiger partial charge on any atom is 0.233 e. The van der Waals surface area contributed by atoms with Crippen molar-refractivity contribution in [3.63, 3.8) is 0 Å². The standard InChI is InChI=1S/C15H22N2O2/c1-5-6-16-13(18)9-14(19)17-15-11(3)7-10(2)8-12(15)4/h7-8H,5-6,9H2,1-4H3,(H,16,18)(H,17,19). The average molecular weight is 262 g/mol. The van der Waals surface area contributed by atoms with Crippen LogP contribution in [0.3, 0.4) is 0 Å². The van der Waals surface area contributed by atoms with Gasteiger partial charge in [-0.15, -0.1) is 0 Å². The first-order chi connectivity index (χ1) is 8.93. The van der Waals surface area contributed by atoms with Crippen LogP contribution in [0, 0.1) is 20.8 Å². The van der Waals surface area contributed by atoms with E-state index in [0.717, 1.165) is 28.8 Å². The van der Waals surface area contributed by atoms with Crippen LogP contribution < -0.4 is 10.6 Å². The number of carbonyl (C=O) groups is 2. The second kappa shape index (κ2) is 6.92. The number of hydrogen-bond donors (Lipinski definition) is 2. The second-order valence-corrected chi connectivity index (χ2v) is 4.85. The monoisotopic (exact) mass is 262 g/mol. The summed E-state index contributed by atoms with van der Waals surface area (Å²) in [6.07, 6.45) is 0.732. The van der Waals surface area contributed by atoms with Gasteiger partial charge in [0.1, 0.15) is 6.42 Å². The van der Waals surface area contributed by atoms with Gasteiger partial charge in [-0.2, -0.15) is 0 Å². The number of rotatable bonds is 5. The summed E-state index contributed by atoms with van der Waals surface area (Å²) in [7, 11) is 0. The largest absolute Gasteiger partial charge is 0.356 e. The number of aryl methyl sites for hydroxylation is 3. The van der Waals surface area contributed by atoms with Crippen LogP contribution in [0.15, 0.2) is 12.1 Å². The highest BCUT2D eigenvalue weighted by Crippen LogP contribution is 2.21. The Kier molecular flexibility index (Phi) is 5.55. The molecule has 0 fully saturated rings. The Morgan fingerprint density at radius 2 is 1.63 bits per heavy atom. The number of benzene rings is 1. The third kappa shape index (κ3) is 4.73. The Morgan fingerprint density at radius 1 is 1.05 bits per heavy atom. The molecule has 0 aromatic heterocycles. The number of anilines is 1. The fraction of sp³-hybridized carbons (Fsp3) is 0.467. The molecule has 4 nitrogen and oxygen atoms in total. The van der Waals surface area contributed by atoms with Crippen LogP contribution in [0.5, 0.6) is 0 Å². The van der Waals surface area contributed by atoms with E-state index >= 15 is 0 Å². The summed E-state index contributed by atoms with van der Waals surface area (Å²) in [4.78, 5) is 23.3. The first kappa shape index (κ1) is 15.2. The molecule has 0 spiro atoms. The molecule has 1 aromatic carbocycles. The highest BCUT2D eigenvalue weighted by molar-refractivity contribution is 6.04. The average Bonchev–Trinajstić information content (AvgIpc) is 2.31. The fourth-order valence-corrected chi connectivity index (χ4v) is 2.03. The van der Waals surface area contributed by atoms with Gasteiger partial charge in [0.2, 0.25) is 11.8 Å². The minimum Gasteiger partial charge on any atom is -0.356 e. The topological polar surface area (TPSA) is 58.2 Å². The lowest BCUT2D eigenvalue weighted by atomic mass is 10.1. The Balaban J connectivity index is 2.65. The van der Waals surface area contributed by atoms with Gasteiger partial charge in [-0.3, -0.25) is 9.59 Å². The SMILES string of the molecule is CCCNC(=O)CC(=O)Nc1c(C)cc(C)cc1C. The maximum absolute atomic E-state index is 11.8. The number of carbonyl (C=O) groups excluding carboxylic acids is 2. The molecule has 2 amide bonds. The summed E-state index contributed by atoms with van der Waals surface area (Å²) in [5.41, 5.74) is 3.99. The van der Waals surface area contributed by atoms with Gasteiger partial charge >= 0.3 is 0 Å². The van der Waals surface area contributed by atoms with E-state index in [1.165, 1.54) is 0 Å². The minimum absolute atomic E-state index is 0.132. The van der Waals surface area contributed by atoms with Crippen molar-refractivity contribution in [3.8, 4) is 0 Å². The van der Waals surface area contributed by atoms with Crippen molar-refractivity contribution < 1.29 is 9.59 Å². The first-order valence-corrected chi connectivity index (χ1v) is 6.58. The normalized spacial score (nSPS) is 10.1. The molecule has 0 aliphatic carbocycles. The summed E-state index contributed by atoms with van der Waals surface area (Å²) < 4.78 is 0. The van der Waals surface area contributed by atoms with E-state index in [-0.39, 0.29) is 18.2 Å². The lowest BCUT2D eigenvalue weighted by Gasteiger charge is -2.12. The Hall–Kier alpha value is -1.84. The van der Waals surface area contributed by atoms with Crippen molar-refractivity contribution in [2.75, 3.05) is 11.9 Å². The zero-order valence-electron chi connectivity index (χ0n) is 12.1. The van der Waals surface area contributed by atoms with Crippen LogP contribution in [-0.4, -0.2) is 18.4 Å². The lowest BCUT2D eigenvalue weighted by molar-refractivity contribution is -0.126. The van der Waals surface area contributed by atoms with Crippen LogP contribution in [0.25, 0.3) is 0 Å². The molecule has 0 atom stereocenters. The molecule has 1 rings (SSSR count). The highest BCUT2D eigenvalue weighted by atomic mass is 16.2. The van der Waals surface area contributed by atoms with E-state index in [4.69, 9.17) is 0 Å². The van der Waals surface area contributed by atoms with Crippen LogP contribution in [0.4, 0.5) is 5.69 Å². The van der Waals surface area contributed by atoms with E-state index in [0.29, 0.717) is 6.54 Å². The molecule has 0 saturated heterocycles. The predicted molar refractivity (Wildman–Crippen MR) is 77.2 cm³/mol. The Bertz CT molecular complexity index is 458. The third-order valence-electron chi connectivity index (χ3n) is 2.83. The highest BCUT2D eigenvalue weighted by Gasteiger charge is 2.11. The van der Waals surface area contributed by atoms with Crippen molar-refractivity contribution in [2.45, 2.75) is 40.5 Å². The second-order valence-electron chi connectivity index (χ2n) is 4.85. The molecule has 19 heavy (non-hydrogen) atoms. The molecule has 0 bridgehead atoms. The van der Waals surface area contributed by atoms with E-state index in [1.54, 1.807) is 0 Å². The van der Waals surface area contributed by atoms with Gasteiger partial charge in [-0.25, -0.2) is 0 Å². The number of nitrogens with one attached hydrogen (secondary N) is 2. The summed E-state index contributed by atoms with van der Waals surface area (Å²) >= 11 is 0. The first-order valence-electron chi connectivity index (χ1n) is 6.58. The van der Waals surface area contributed by atoms with E-state index in [1.807, 2.05) is 39.8 Å². The lowest BCUT2D eigenvalue weighted by Crippen LogP contribution is -2.28. The summed E-state index contributed by atoms with van der Waals surface area (Å²) in [5, 5.41) is 5.50. The summed E-state index contributed by atoms with van der Waals surface area (Å²) in [6, 6.07) is 4.03. The van der Waals surface area contributed by atoms with Gasteiger partial charge < -0.3 is 10.6 Å². The Labute approximate surface area is 114 Å². The predicted octanol–water partition coefficient (Wildman–Crippen LogP) is 2.47. The quantitative estimate of drug-likeness (QED) is 0.801. The van der Waals surface area contributed by atoms with Crippen molar-refractivity contribution >= 4 is 17.5 Å². The molecule has 0 aliphatic rings. The molecule has 2 N–H and O–H groups in total. The molecule has 104 valence electrons. The molecule has 0 aliphatic heterocycles. The summed E-state index contributed by atoms with van der Waals surface area (Å²) in [6.45, 7) is 8.50. The molecule has 1 aromatic rings. The molecule has 0 heterocycles. The van der Waals surface area contributed by atoms with Gasteiger partial charge in [-0.1, -0.05) is 24.6 Å². The van der Waals surface area contributed by atoms with Gasteiger partial charge in [0.25, 0.3) is 0 Å². The van der Waals surface area contributed by atoms with Crippen molar-refractivity contribution in [1.29, 1.82) is 0 Å².